The summed E-state index contributed by atoms with van der Waals surface area (Å²) in [6.45, 7) is 6.77. The second-order valence-electron chi connectivity index (χ2n) is 5.19. The number of morpholine rings is 1. The molecule has 0 spiro atoms. The predicted molar refractivity (Wildman–Crippen MR) is 82.3 cm³/mol. The van der Waals surface area contributed by atoms with Gasteiger partial charge in [0.2, 0.25) is 4.77 Å². The quantitative estimate of drug-likeness (QED) is 0.886. The Bertz CT molecular complexity index is 609. The first kappa shape index (κ1) is 13.9. The summed E-state index contributed by atoms with van der Waals surface area (Å²) < 4.78 is 8.27. The van der Waals surface area contributed by atoms with E-state index in [2.05, 4.69) is 28.8 Å². The molecule has 2 aromatic heterocycles. The van der Waals surface area contributed by atoms with Gasteiger partial charge in [-0.2, -0.15) is 4.98 Å². The molecule has 20 heavy (non-hydrogen) atoms. The Kier molecular flexibility index (Phi) is 4.02. The lowest BCUT2D eigenvalue weighted by Gasteiger charge is -2.35. The molecule has 0 aromatic carbocycles. The van der Waals surface area contributed by atoms with E-state index in [4.69, 9.17) is 17.0 Å². The van der Waals surface area contributed by atoms with E-state index in [1.807, 2.05) is 22.2 Å². The molecule has 5 nitrogen and oxygen atoms in total. The highest BCUT2D eigenvalue weighted by molar-refractivity contribution is 7.71. The summed E-state index contributed by atoms with van der Waals surface area (Å²) in [7, 11) is 0. The third-order valence-corrected chi connectivity index (χ3v) is 4.46. The van der Waals surface area contributed by atoms with Crippen LogP contribution in [-0.2, 0) is 11.4 Å². The van der Waals surface area contributed by atoms with Crippen molar-refractivity contribution >= 4 is 23.6 Å². The fourth-order valence-electron chi connectivity index (χ4n) is 2.58. The molecule has 7 heteroatoms. The molecule has 1 N–H and O–H groups in total. The van der Waals surface area contributed by atoms with Crippen molar-refractivity contribution in [2.75, 3.05) is 13.1 Å². The molecule has 3 rings (SSSR count). The minimum absolute atomic E-state index is 0.257. The SMILES string of the molecule is C[C@H]1CN(Cn2[nH]c(-c3cccs3)nc2=S)C[C@H](C)O1. The van der Waals surface area contributed by atoms with Crippen molar-refractivity contribution in [3.05, 3.63) is 22.3 Å². The number of thiophene rings is 1. The topological polar surface area (TPSA) is 46.1 Å². The second-order valence-corrected chi connectivity index (χ2v) is 6.51. The molecule has 1 aliphatic rings. The van der Waals surface area contributed by atoms with Crippen LogP contribution in [0.5, 0.6) is 0 Å². The maximum absolute atomic E-state index is 5.75. The minimum Gasteiger partial charge on any atom is -0.373 e. The molecule has 0 amide bonds. The molecule has 0 radical (unpaired) electrons. The molecule has 2 aromatic rings. The standard InChI is InChI=1S/C13H18N4OS2/c1-9-6-16(7-10(2)18-9)8-17-13(19)14-12(15-17)11-4-3-5-20-11/h3-5,9-10H,6-8H2,1-2H3,(H,14,15,19)/t9-,10-/m0/s1. The summed E-state index contributed by atoms with van der Waals surface area (Å²) >= 11 is 7.00. The summed E-state index contributed by atoms with van der Waals surface area (Å²) in [6.07, 6.45) is 0.514. The van der Waals surface area contributed by atoms with Gasteiger partial charge in [-0.3, -0.25) is 10.00 Å². The molecule has 1 aliphatic heterocycles. The van der Waals surface area contributed by atoms with Gasteiger partial charge in [-0.05, 0) is 37.5 Å². The number of aromatic nitrogens is 3. The Labute approximate surface area is 127 Å². The van der Waals surface area contributed by atoms with Crippen LogP contribution in [0.1, 0.15) is 13.8 Å². The van der Waals surface area contributed by atoms with Crippen molar-refractivity contribution in [3.8, 4) is 10.7 Å². The minimum atomic E-state index is 0.257. The molecule has 1 saturated heterocycles. The average Bonchev–Trinajstić information content (AvgIpc) is 2.98. The van der Waals surface area contributed by atoms with Crippen LogP contribution in [0.3, 0.4) is 0 Å². The monoisotopic (exact) mass is 310 g/mol. The van der Waals surface area contributed by atoms with E-state index in [1.54, 1.807) is 11.3 Å². The van der Waals surface area contributed by atoms with Gasteiger partial charge in [0.05, 0.1) is 23.8 Å². The van der Waals surface area contributed by atoms with Gasteiger partial charge in [-0.1, -0.05) is 6.07 Å². The van der Waals surface area contributed by atoms with Crippen molar-refractivity contribution in [2.24, 2.45) is 0 Å². The van der Waals surface area contributed by atoms with Crippen LogP contribution in [0.2, 0.25) is 0 Å². The Hall–Kier alpha value is -1.02. The van der Waals surface area contributed by atoms with Crippen molar-refractivity contribution in [2.45, 2.75) is 32.7 Å². The van der Waals surface area contributed by atoms with E-state index in [9.17, 15) is 0 Å². The van der Waals surface area contributed by atoms with Gasteiger partial charge in [0.15, 0.2) is 5.82 Å². The molecule has 108 valence electrons. The molecular formula is C13H18N4OS2. The van der Waals surface area contributed by atoms with Crippen molar-refractivity contribution in [1.82, 2.24) is 19.7 Å². The van der Waals surface area contributed by atoms with Crippen LogP contribution in [0.15, 0.2) is 17.5 Å². The van der Waals surface area contributed by atoms with Crippen LogP contribution in [0.25, 0.3) is 10.7 Å². The zero-order valence-electron chi connectivity index (χ0n) is 11.6. The van der Waals surface area contributed by atoms with E-state index in [1.165, 1.54) is 0 Å². The van der Waals surface area contributed by atoms with Crippen molar-refractivity contribution < 1.29 is 4.74 Å². The molecule has 0 bridgehead atoms. The first-order valence-corrected chi connectivity index (χ1v) is 7.99. The van der Waals surface area contributed by atoms with E-state index in [0.717, 1.165) is 30.5 Å². The van der Waals surface area contributed by atoms with Gasteiger partial charge in [-0.25, -0.2) is 4.68 Å². The molecule has 2 atom stereocenters. The third-order valence-electron chi connectivity index (χ3n) is 3.27. The van der Waals surface area contributed by atoms with Crippen LogP contribution >= 0.6 is 23.6 Å². The Morgan fingerprint density at radius 2 is 2.20 bits per heavy atom. The predicted octanol–water partition coefficient (Wildman–Crippen LogP) is 2.74. The zero-order valence-corrected chi connectivity index (χ0v) is 13.2. The van der Waals surface area contributed by atoms with Crippen molar-refractivity contribution in [1.29, 1.82) is 0 Å². The molecule has 1 fully saturated rings. The first-order valence-electron chi connectivity index (χ1n) is 6.70. The number of ether oxygens (including phenoxy) is 1. The van der Waals surface area contributed by atoms with Gasteiger partial charge in [0.1, 0.15) is 0 Å². The van der Waals surface area contributed by atoms with Gasteiger partial charge >= 0.3 is 0 Å². The van der Waals surface area contributed by atoms with Gasteiger partial charge < -0.3 is 4.74 Å². The molecular weight excluding hydrogens is 292 g/mol. The Morgan fingerprint density at radius 1 is 1.45 bits per heavy atom. The number of nitrogens with zero attached hydrogens (tertiary/aromatic N) is 3. The smallest absolute Gasteiger partial charge is 0.217 e. The van der Waals surface area contributed by atoms with Crippen LogP contribution < -0.4 is 0 Å². The largest absolute Gasteiger partial charge is 0.373 e. The van der Waals surface area contributed by atoms with Gasteiger partial charge in [-0.15, -0.1) is 11.3 Å². The number of aromatic amines is 1. The summed E-state index contributed by atoms with van der Waals surface area (Å²) in [5.74, 6) is 0.847. The highest BCUT2D eigenvalue weighted by Crippen LogP contribution is 2.21. The number of rotatable bonds is 3. The van der Waals surface area contributed by atoms with Crippen LogP contribution in [-0.4, -0.2) is 45.0 Å². The maximum atomic E-state index is 5.75. The van der Waals surface area contributed by atoms with E-state index in [-0.39, 0.29) is 12.2 Å². The average molecular weight is 310 g/mol. The van der Waals surface area contributed by atoms with E-state index >= 15 is 0 Å². The number of H-pyrrole nitrogens is 1. The summed E-state index contributed by atoms with van der Waals surface area (Å²) in [6, 6.07) is 4.06. The Balaban J connectivity index is 1.76. The zero-order chi connectivity index (χ0) is 14.1. The number of hydrogen-bond acceptors (Lipinski definition) is 5. The van der Waals surface area contributed by atoms with Gasteiger partial charge in [0, 0.05) is 13.1 Å². The summed E-state index contributed by atoms with van der Waals surface area (Å²) in [4.78, 5) is 7.88. The Morgan fingerprint density at radius 3 is 2.85 bits per heavy atom. The van der Waals surface area contributed by atoms with Gasteiger partial charge in [0.25, 0.3) is 0 Å². The molecule has 0 saturated carbocycles. The third kappa shape index (κ3) is 3.01. The number of nitrogens with one attached hydrogen (secondary N) is 1. The molecule has 0 aliphatic carbocycles. The highest BCUT2D eigenvalue weighted by Gasteiger charge is 2.22. The van der Waals surface area contributed by atoms with Crippen molar-refractivity contribution in [3.63, 3.8) is 0 Å². The first-order chi connectivity index (χ1) is 9.61. The fraction of sp³-hybridized carbons (Fsp3) is 0.538. The fourth-order valence-corrected chi connectivity index (χ4v) is 3.43. The normalized spacial score (nSPS) is 24.1. The number of hydrogen-bond donors (Lipinski definition) is 1. The summed E-state index contributed by atoms with van der Waals surface area (Å²) in [5, 5.41) is 5.33. The molecule has 3 heterocycles. The lowest BCUT2D eigenvalue weighted by atomic mass is 10.2. The van der Waals surface area contributed by atoms with E-state index < -0.39 is 0 Å². The second kappa shape index (κ2) is 5.77. The maximum Gasteiger partial charge on any atom is 0.217 e. The lowest BCUT2D eigenvalue weighted by Crippen LogP contribution is -2.46. The highest BCUT2D eigenvalue weighted by atomic mass is 32.1. The lowest BCUT2D eigenvalue weighted by molar-refractivity contribution is -0.0776. The summed E-state index contributed by atoms with van der Waals surface area (Å²) in [5.41, 5.74) is 0. The molecule has 0 unspecified atom stereocenters. The van der Waals surface area contributed by atoms with E-state index in [0.29, 0.717) is 4.77 Å². The van der Waals surface area contributed by atoms with Crippen LogP contribution in [0, 0.1) is 4.77 Å². The van der Waals surface area contributed by atoms with Crippen LogP contribution in [0.4, 0.5) is 0 Å².